The predicted molar refractivity (Wildman–Crippen MR) is 117 cm³/mol. The number of nitrogens with one attached hydrogen (secondary N) is 1. The van der Waals surface area contributed by atoms with Crippen LogP contribution in [0, 0.1) is 11.8 Å². The van der Waals surface area contributed by atoms with Crippen molar-refractivity contribution in [2.24, 2.45) is 25.9 Å². The maximum absolute atomic E-state index is 12.5. The molecule has 0 spiro atoms. The third-order valence-electron chi connectivity index (χ3n) is 6.27. The minimum atomic E-state index is -0.613. The Labute approximate surface area is 179 Å². The van der Waals surface area contributed by atoms with Gasteiger partial charge in [0.2, 0.25) is 5.91 Å². The first-order valence-electron chi connectivity index (χ1n) is 10.8. The SMILES string of the molecule is CCOC(=O)C1CCN(c2cc3c(cc2NC(=O)C2CC2)n(C)c(=O)c(=O)n3C)CC1. The molecule has 9 nitrogen and oxygen atoms in total. The van der Waals surface area contributed by atoms with E-state index >= 15 is 0 Å². The molecular weight excluding hydrogens is 400 g/mol. The van der Waals surface area contributed by atoms with Gasteiger partial charge in [-0.25, -0.2) is 0 Å². The lowest BCUT2D eigenvalue weighted by Crippen LogP contribution is -2.40. The Kier molecular flexibility index (Phi) is 5.60. The summed E-state index contributed by atoms with van der Waals surface area (Å²) >= 11 is 0. The number of esters is 1. The van der Waals surface area contributed by atoms with Crippen LogP contribution < -0.4 is 21.3 Å². The maximum atomic E-state index is 12.5. The third-order valence-corrected chi connectivity index (χ3v) is 6.27. The fourth-order valence-corrected chi connectivity index (χ4v) is 4.17. The zero-order valence-electron chi connectivity index (χ0n) is 18.1. The van der Waals surface area contributed by atoms with Crippen molar-refractivity contribution in [1.82, 2.24) is 9.13 Å². The van der Waals surface area contributed by atoms with E-state index in [4.69, 9.17) is 4.74 Å². The quantitative estimate of drug-likeness (QED) is 0.570. The van der Waals surface area contributed by atoms with Crippen LogP contribution in [0.3, 0.4) is 0 Å². The summed E-state index contributed by atoms with van der Waals surface area (Å²) < 4.78 is 7.82. The highest BCUT2D eigenvalue weighted by atomic mass is 16.5. The first-order valence-corrected chi connectivity index (χ1v) is 10.8. The lowest BCUT2D eigenvalue weighted by atomic mass is 9.96. The molecule has 2 aromatic rings. The van der Waals surface area contributed by atoms with E-state index in [0.29, 0.717) is 49.3 Å². The largest absolute Gasteiger partial charge is 0.466 e. The molecule has 0 radical (unpaired) electrons. The summed E-state index contributed by atoms with van der Waals surface area (Å²) in [5.41, 5.74) is 1.38. The van der Waals surface area contributed by atoms with Crippen molar-refractivity contribution >= 4 is 34.3 Å². The lowest BCUT2D eigenvalue weighted by molar-refractivity contribution is -0.148. The number of amides is 1. The summed E-state index contributed by atoms with van der Waals surface area (Å²) in [5, 5.41) is 3.02. The molecule has 31 heavy (non-hydrogen) atoms. The second-order valence-corrected chi connectivity index (χ2v) is 8.36. The second-order valence-electron chi connectivity index (χ2n) is 8.36. The number of nitrogens with zero attached hydrogens (tertiary/aromatic N) is 3. The van der Waals surface area contributed by atoms with E-state index in [2.05, 4.69) is 10.2 Å². The van der Waals surface area contributed by atoms with Gasteiger partial charge in [0.25, 0.3) is 0 Å². The molecule has 0 atom stereocenters. The second kappa shape index (κ2) is 8.20. The van der Waals surface area contributed by atoms with Crippen LogP contribution in [0.2, 0.25) is 0 Å². The molecule has 166 valence electrons. The van der Waals surface area contributed by atoms with Crippen LogP contribution in [-0.2, 0) is 28.4 Å². The van der Waals surface area contributed by atoms with Crippen molar-refractivity contribution in [2.45, 2.75) is 32.6 Å². The zero-order valence-corrected chi connectivity index (χ0v) is 18.1. The molecule has 1 aliphatic heterocycles. The smallest absolute Gasteiger partial charge is 0.316 e. The monoisotopic (exact) mass is 428 g/mol. The average Bonchev–Trinajstić information content (AvgIpc) is 3.62. The van der Waals surface area contributed by atoms with Gasteiger partial charge in [-0.3, -0.25) is 19.2 Å². The maximum Gasteiger partial charge on any atom is 0.316 e. The summed E-state index contributed by atoms with van der Waals surface area (Å²) in [6, 6.07) is 3.62. The van der Waals surface area contributed by atoms with Crippen LogP contribution in [0.4, 0.5) is 11.4 Å². The summed E-state index contributed by atoms with van der Waals surface area (Å²) in [4.78, 5) is 51.3. The van der Waals surface area contributed by atoms with Crippen LogP contribution in [0.25, 0.3) is 11.0 Å². The fraction of sp³-hybridized carbons (Fsp3) is 0.545. The Morgan fingerprint density at radius 3 is 2.10 bits per heavy atom. The summed E-state index contributed by atoms with van der Waals surface area (Å²) in [6.07, 6.45) is 3.07. The van der Waals surface area contributed by atoms with E-state index < -0.39 is 11.1 Å². The number of piperidine rings is 1. The van der Waals surface area contributed by atoms with E-state index in [0.717, 1.165) is 18.5 Å². The van der Waals surface area contributed by atoms with Crippen LogP contribution in [0.5, 0.6) is 0 Å². The highest BCUT2D eigenvalue weighted by Gasteiger charge is 2.32. The van der Waals surface area contributed by atoms with Crippen molar-refractivity contribution < 1.29 is 14.3 Å². The predicted octanol–water partition coefficient (Wildman–Crippen LogP) is 1.37. The highest BCUT2D eigenvalue weighted by Crippen LogP contribution is 2.36. The summed E-state index contributed by atoms with van der Waals surface area (Å²) in [6.45, 7) is 3.42. The molecule has 2 aliphatic rings. The molecule has 1 saturated carbocycles. The van der Waals surface area contributed by atoms with Gasteiger partial charge in [-0.05, 0) is 44.7 Å². The number of carbonyl (C=O) groups excluding carboxylic acids is 2. The Balaban J connectivity index is 1.73. The number of anilines is 2. The average molecular weight is 428 g/mol. The van der Waals surface area contributed by atoms with Crippen LogP contribution in [-0.4, -0.2) is 40.7 Å². The number of hydrogen-bond donors (Lipinski definition) is 1. The van der Waals surface area contributed by atoms with Gasteiger partial charge in [0.15, 0.2) is 0 Å². The normalized spacial score (nSPS) is 17.1. The molecule has 0 bridgehead atoms. The van der Waals surface area contributed by atoms with E-state index in [1.54, 1.807) is 27.1 Å². The molecule has 2 heterocycles. The van der Waals surface area contributed by atoms with Crippen molar-refractivity contribution in [3.63, 3.8) is 0 Å². The van der Waals surface area contributed by atoms with E-state index in [1.807, 2.05) is 6.07 Å². The molecule has 0 unspecified atom stereocenters. The molecule has 1 saturated heterocycles. The minimum absolute atomic E-state index is 0.0297. The van der Waals surface area contributed by atoms with E-state index in [-0.39, 0.29) is 23.7 Å². The Bertz CT molecular complexity index is 1150. The minimum Gasteiger partial charge on any atom is -0.466 e. The first kappa shape index (κ1) is 21.1. The molecule has 1 N–H and O–H groups in total. The summed E-state index contributed by atoms with van der Waals surface area (Å²) in [7, 11) is 3.13. The molecule has 2 fully saturated rings. The molecule has 9 heteroatoms. The van der Waals surface area contributed by atoms with Crippen molar-refractivity contribution in [3.05, 3.63) is 32.8 Å². The third kappa shape index (κ3) is 3.96. The first-order chi connectivity index (χ1) is 14.8. The van der Waals surface area contributed by atoms with Gasteiger partial charge in [-0.2, -0.15) is 0 Å². The lowest BCUT2D eigenvalue weighted by Gasteiger charge is -2.34. The molecule has 1 aromatic carbocycles. The zero-order chi connectivity index (χ0) is 22.3. The standard InChI is InChI=1S/C22H28N4O5/c1-4-31-22(30)14-7-9-26(10-8-14)16-12-18-17(24(2)20(28)21(29)25(18)3)11-15(16)23-19(27)13-5-6-13/h11-14H,4-10H2,1-3H3,(H,23,27). The summed E-state index contributed by atoms with van der Waals surface area (Å²) in [5.74, 6) is -0.300. The number of rotatable bonds is 5. The highest BCUT2D eigenvalue weighted by molar-refractivity contribution is 6.00. The number of carbonyl (C=O) groups is 2. The number of fused-ring (bicyclic) bond motifs is 1. The molecule has 1 aromatic heterocycles. The van der Waals surface area contributed by atoms with E-state index in [9.17, 15) is 19.2 Å². The number of hydrogen-bond acceptors (Lipinski definition) is 6. The fourth-order valence-electron chi connectivity index (χ4n) is 4.17. The van der Waals surface area contributed by atoms with Gasteiger partial charge >= 0.3 is 17.1 Å². The van der Waals surface area contributed by atoms with Gasteiger partial charge < -0.3 is 24.1 Å². The van der Waals surface area contributed by atoms with Crippen molar-refractivity contribution in [3.8, 4) is 0 Å². The Morgan fingerprint density at radius 2 is 1.55 bits per heavy atom. The van der Waals surface area contributed by atoms with Crippen molar-refractivity contribution in [2.75, 3.05) is 29.9 Å². The van der Waals surface area contributed by atoms with Crippen molar-refractivity contribution in [1.29, 1.82) is 0 Å². The molecular formula is C22H28N4O5. The van der Waals surface area contributed by atoms with Crippen LogP contribution >= 0.6 is 0 Å². The topological polar surface area (TPSA) is 103 Å². The van der Waals surface area contributed by atoms with Crippen LogP contribution in [0.1, 0.15) is 32.6 Å². The number of ether oxygens (including phenoxy) is 1. The Hall–Kier alpha value is -3.10. The van der Waals surface area contributed by atoms with E-state index in [1.165, 1.54) is 9.13 Å². The van der Waals surface area contributed by atoms with Gasteiger partial charge in [-0.1, -0.05) is 0 Å². The molecule has 1 amide bonds. The Morgan fingerprint density at radius 1 is 0.968 bits per heavy atom. The number of aromatic nitrogens is 2. The number of benzene rings is 1. The van der Waals surface area contributed by atoms with Gasteiger partial charge in [0.05, 0.1) is 34.9 Å². The van der Waals surface area contributed by atoms with Gasteiger partial charge in [0.1, 0.15) is 0 Å². The molecule has 1 aliphatic carbocycles. The van der Waals surface area contributed by atoms with Gasteiger partial charge in [0, 0.05) is 33.1 Å². The van der Waals surface area contributed by atoms with Crippen LogP contribution in [0.15, 0.2) is 21.7 Å². The van der Waals surface area contributed by atoms with Gasteiger partial charge in [-0.15, -0.1) is 0 Å². The molecule has 4 rings (SSSR count). The number of aryl methyl sites for hydroxylation is 2.